The third kappa shape index (κ3) is 3.36. The predicted molar refractivity (Wildman–Crippen MR) is 99.2 cm³/mol. The summed E-state index contributed by atoms with van der Waals surface area (Å²) in [5.74, 6) is -0.477. The third-order valence-electron chi connectivity index (χ3n) is 4.19. The Morgan fingerprint density at radius 3 is 2.75 bits per heavy atom. The molecule has 2 aromatic carbocycles. The van der Waals surface area contributed by atoms with Crippen LogP contribution in [0.3, 0.4) is 0 Å². The van der Waals surface area contributed by atoms with E-state index in [1.165, 1.54) is 0 Å². The number of para-hydroxylation sites is 1. The van der Waals surface area contributed by atoms with Crippen LogP contribution in [0, 0.1) is 6.92 Å². The van der Waals surface area contributed by atoms with Crippen molar-refractivity contribution >= 4 is 39.1 Å². The highest BCUT2D eigenvalue weighted by Crippen LogP contribution is 2.32. The van der Waals surface area contributed by atoms with E-state index >= 15 is 0 Å². The summed E-state index contributed by atoms with van der Waals surface area (Å²) in [5, 5.41) is 2.80. The summed E-state index contributed by atoms with van der Waals surface area (Å²) in [6, 6.07) is 13.6. The number of hydrogen-bond acceptors (Lipinski definition) is 2. The minimum Gasteiger partial charge on any atom is -0.325 e. The Kier molecular flexibility index (Phi) is 4.71. The van der Waals surface area contributed by atoms with Crippen molar-refractivity contribution in [3.05, 3.63) is 58.1 Å². The van der Waals surface area contributed by atoms with E-state index in [0.29, 0.717) is 5.69 Å². The normalized spacial score (nSPS) is 16.0. The largest absolute Gasteiger partial charge is 0.325 e. The number of carbonyl (C=O) groups is 2. The zero-order valence-electron chi connectivity index (χ0n) is 13.7. The van der Waals surface area contributed by atoms with Gasteiger partial charge in [-0.3, -0.25) is 9.59 Å². The van der Waals surface area contributed by atoms with Crippen LogP contribution in [0.25, 0.3) is 0 Å². The van der Waals surface area contributed by atoms with E-state index in [-0.39, 0.29) is 24.3 Å². The lowest BCUT2D eigenvalue weighted by Gasteiger charge is -2.22. The number of nitrogens with one attached hydrogen (secondary N) is 1. The van der Waals surface area contributed by atoms with Crippen LogP contribution in [0.15, 0.2) is 46.9 Å². The number of benzene rings is 2. The number of fused-ring (bicyclic) bond motifs is 1. The van der Waals surface area contributed by atoms with E-state index in [1.807, 2.05) is 56.3 Å². The van der Waals surface area contributed by atoms with Crippen LogP contribution in [-0.2, 0) is 16.0 Å². The highest BCUT2D eigenvalue weighted by molar-refractivity contribution is 9.10. The first-order valence-corrected chi connectivity index (χ1v) is 8.71. The Balaban J connectivity index is 1.70. The van der Waals surface area contributed by atoms with Gasteiger partial charge >= 0.3 is 0 Å². The van der Waals surface area contributed by atoms with Gasteiger partial charge in [-0.25, -0.2) is 0 Å². The maximum absolute atomic E-state index is 12.6. The first-order chi connectivity index (χ1) is 11.5. The molecule has 0 fully saturated rings. The minimum absolute atomic E-state index is 0.0776. The van der Waals surface area contributed by atoms with Crippen molar-refractivity contribution in [2.45, 2.75) is 32.7 Å². The molecule has 1 N–H and O–H groups in total. The standard InChI is InChI=1S/C19H19BrN2O2/c1-12-7-8-16(15(20)9-12)21-18(23)11-19(24)22-13(2)10-14-5-3-4-6-17(14)22/h3-9,13H,10-11H2,1-2H3,(H,21,23). The fourth-order valence-electron chi connectivity index (χ4n) is 3.08. The Morgan fingerprint density at radius 1 is 1.25 bits per heavy atom. The molecule has 1 unspecified atom stereocenters. The molecule has 0 saturated carbocycles. The molecule has 5 heteroatoms. The zero-order chi connectivity index (χ0) is 17.3. The molecule has 0 radical (unpaired) electrons. The molecule has 0 bridgehead atoms. The predicted octanol–water partition coefficient (Wildman–Crippen LogP) is 4.06. The average Bonchev–Trinajstić information content (AvgIpc) is 2.85. The number of anilines is 2. The number of carbonyl (C=O) groups excluding carboxylic acids is 2. The van der Waals surface area contributed by atoms with Crippen molar-refractivity contribution in [3.63, 3.8) is 0 Å². The third-order valence-corrected chi connectivity index (χ3v) is 4.84. The number of aryl methyl sites for hydroxylation is 1. The average molecular weight is 387 g/mol. The minimum atomic E-state index is -0.305. The molecule has 0 aliphatic carbocycles. The topological polar surface area (TPSA) is 49.4 Å². The van der Waals surface area contributed by atoms with Crippen LogP contribution in [0.5, 0.6) is 0 Å². The lowest BCUT2D eigenvalue weighted by molar-refractivity contribution is -0.125. The summed E-state index contributed by atoms with van der Waals surface area (Å²) in [5.41, 5.74) is 3.84. The molecule has 3 rings (SSSR count). The number of halogens is 1. The Morgan fingerprint density at radius 2 is 2.00 bits per heavy atom. The summed E-state index contributed by atoms with van der Waals surface area (Å²) in [4.78, 5) is 26.6. The van der Waals surface area contributed by atoms with Gasteiger partial charge in [0, 0.05) is 16.2 Å². The highest BCUT2D eigenvalue weighted by atomic mass is 79.9. The molecule has 1 aliphatic heterocycles. The van der Waals surface area contributed by atoms with E-state index in [9.17, 15) is 9.59 Å². The molecule has 2 amide bonds. The fourth-order valence-corrected chi connectivity index (χ4v) is 3.68. The van der Waals surface area contributed by atoms with Crippen molar-refractivity contribution < 1.29 is 9.59 Å². The smallest absolute Gasteiger partial charge is 0.236 e. The molecule has 1 atom stereocenters. The van der Waals surface area contributed by atoms with Crippen LogP contribution in [0.2, 0.25) is 0 Å². The number of hydrogen-bond donors (Lipinski definition) is 1. The van der Waals surface area contributed by atoms with E-state index in [4.69, 9.17) is 0 Å². The van der Waals surface area contributed by atoms with Gasteiger partial charge in [0.25, 0.3) is 0 Å². The molecule has 124 valence electrons. The summed E-state index contributed by atoms with van der Waals surface area (Å²) < 4.78 is 0.809. The highest BCUT2D eigenvalue weighted by Gasteiger charge is 2.31. The van der Waals surface area contributed by atoms with Gasteiger partial charge in [-0.15, -0.1) is 0 Å². The molecule has 1 heterocycles. The number of nitrogens with zero attached hydrogens (tertiary/aromatic N) is 1. The van der Waals surface area contributed by atoms with E-state index < -0.39 is 0 Å². The lowest BCUT2D eigenvalue weighted by Crippen LogP contribution is -2.37. The molecule has 24 heavy (non-hydrogen) atoms. The van der Waals surface area contributed by atoms with Crippen molar-refractivity contribution in [2.75, 3.05) is 10.2 Å². The molecular formula is C19H19BrN2O2. The molecule has 0 spiro atoms. The van der Waals surface area contributed by atoms with Gasteiger partial charge < -0.3 is 10.2 Å². The zero-order valence-corrected chi connectivity index (χ0v) is 15.3. The summed E-state index contributed by atoms with van der Waals surface area (Å²) in [6.07, 6.45) is 0.659. The Bertz CT molecular complexity index is 804. The molecule has 4 nitrogen and oxygen atoms in total. The van der Waals surface area contributed by atoms with Crippen LogP contribution >= 0.6 is 15.9 Å². The van der Waals surface area contributed by atoms with Crippen LogP contribution in [0.1, 0.15) is 24.5 Å². The maximum atomic E-state index is 12.6. The second-order valence-electron chi connectivity index (χ2n) is 6.15. The summed E-state index contributed by atoms with van der Waals surface area (Å²) in [7, 11) is 0. The summed E-state index contributed by atoms with van der Waals surface area (Å²) >= 11 is 3.43. The molecule has 0 saturated heterocycles. The fraction of sp³-hybridized carbons (Fsp3) is 0.263. The van der Waals surface area contributed by atoms with Crippen molar-refractivity contribution in [2.24, 2.45) is 0 Å². The van der Waals surface area contributed by atoms with Crippen molar-refractivity contribution in [3.8, 4) is 0 Å². The first-order valence-electron chi connectivity index (χ1n) is 7.91. The van der Waals surface area contributed by atoms with E-state index in [2.05, 4.69) is 21.2 Å². The molecule has 2 aromatic rings. The van der Waals surface area contributed by atoms with Crippen LogP contribution < -0.4 is 10.2 Å². The molecular weight excluding hydrogens is 368 g/mol. The van der Waals surface area contributed by atoms with E-state index in [0.717, 1.165) is 27.7 Å². The lowest BCUT2D eigenvalue weighted by atomic mass is 10.1. The quantitative estimate of drug-likeness (QED) is 0.808. The van der Waals surface area contributed by atoms with Gasteiger partial charge in [-0.2, -0.15) is 0 Å². The SMILES string of the molecule is Cc1ccc(NC(=O)CC(=O)N2c3ccccc3CC2C)c(Br)c1. The van der Waals surface area contributed by atoms with Gasteiger partial charge in [-0.05, 0) is 65.5 Å². The number of amides is 2. The second-order valence-corrected chi connectivity index (χ2v) is 7.01. The van der Waals surface area contributed by atoms with Crippen LogP contribution in [-0.4, -0.2) is 17.9 Å². The Labute approximate surface area is 150 Å². The molecule has 1 aliphatic rings. The Hall–Kier alpha value is -2.14. The van der Waals surface area contributed by atoms with E-state index in [1.54, 1.807) is 4.90 Å². The van der Waals surface area contributed by atoms with Gasteiger partial charge in [-0.1, -0.05) is 24.3 Å². The molecule has 0 aromatic heterocycles. The maximum Gasteiger partial charge on any atom is 0.236 e. The number of rotatable bonds is 3. The summed E-state index contributed by atoms with van der Waals surface area (Å²) in [6.45, 7) is 3.98. The van der Waals surface area contributed by atoms with Crippen molar-refractivity contribution in [1.82, 2.24) is 0 Å². The van der Waals surface area contributed by atoms with Crippen LogP contribution in [0.4, 0.5) is 11.4 Å². The first kappa shape index (κ1) is 16.7. The van der Waals surface area contributed by atoms with Gasteiger partial charge in [0.2, 0.25) is 11.8 Å². The van der Waals surface area contributed by atoms with Crippen molar-refractivity contribution in [1.29, 1.82) is 0 Å². The van der Waals surface area contributed by atoms with Gasteiger partial charge in [0.15, 0.2) is 0 Å². The second kappa shape index (κ2) is 6.77. The van der Waals surface area contributed by atoms with Gasteiger partial charge in [0.05, 0.1) is 5.69 Å². The van der Waals surface area contributed by atoms with Gasteiger partial charge in [0.1, 0.15) is 6.42 Å². The monoisotopic (exact) mass is 386 g/mol.